The number of ether oxygens (including phenoxy) is 1. The van der Waals surface area contributed by atoms with Gasteiger partial charge < -0.3 is 4.74 Å². The molecule has 0 spiro atoms. The summed E-state index contributed by atoms with van der Waals surface area (Å²) in [6.45, 7) is 2.56. The van der Waals surface area contributed by atoms with E-state index in [4.69, 9.17) is 16.3 Å². The molecule has 1 saturated heterocycles. The number of piperidine rings is 1. The van der Waals surface area contributed by atoms with Gasteiger partial charge in [-0.2, -0.15) is 4.31 Å². The quantitative estimate of drug-likeness (QED) is 0.619. The molecule has 0 amide bonds. The van der Waals surface area contributed by atoms with E-state index in [2.05, 4.69) is 4.98 Å². The molecule has 0 bridgehead atoms. The lowest BCUT2D eigenvalue weighted by atomic mass is 10.0. The van der Waals surface area contributed by atoms with E-state index in [0.717, 1.165) is 0 Å². The highest BCUT2D eigenvalue weighted by atomic mass is 35.5. The summed E-state index contributed by atoms with van der Waals surface area (Å²) in [4.78, 5) is 15.7. The first kappa shape index (κ1) is 16.2. The summed E-state index contributed by atoms with van der Waals surface area (Å²) in [6.07, 6.45) is 2.50. The molecule has 21 heavy (non-hydrogen) atoms. The van der Waals surface area contributed by atoms with Crippen LogP contribution in [0.25, 0.3) is 0 Å². The number of carbonyl (C=O) groups excluding carboxylic acids is 1. The Balaban J connectivity index is 2.16. The van der Waals surface area contributed by atoms with Gasteiger partial charge >= 0.3 is 5.97 Å². The number of aromatic nitrogens is 1. The van der Waals surface area contributed by atoms with E-state index in [1.54, 1.807) is 6.92 Å². The number of sulfonamides is 1. The highest BCUT2D eigenvalue weighted by Gasteiger charge is 2.34. The van der Waals surface area contributed by atoms with Gasteiger partial charge in [0.05, 0.1) is 12.5 Å². The van der Waals surface area contributed by atoms with Crippen LogP contribution in [0.2, 0.25) is 5.15 Å². The molecule has 0 saturated carbocycles. The average molecular weight is 333 g/mol. The number of hydrogen-bond donors (Lipinski definition) is 0. The largest absolute Gasteiger partial charge is 0.466 e. The maximum Gasteiger partial charge on any atom is 0.310 e. The van der Waals surface area contributed by atoms with Crippen LogP contribution in [0.3, 0.4) is 0 Å². The number of carbonyl (C=O) groups is 1. The van der Waals surface area contributed by atoms with Gasteiger partial charge in [-0.3, -0.25) is 4.79 Å². The van der Waals surface area contributed by atoms with Crippen molar-refractivity contribution in [1.82, 2.24) is 9.29 Å². The molecule has 0 radical (unpaired) electrons. The van der Waals surface area contributed by atoms with Crippen molar-refractivity contribution in [3.05, 3.63) is 23.5 Å². The third-order valence-corrected chi connectivity index (χ3v) is 5.41. The van der Waals surface area contributed by atoms with Crippen LogP contribution in [0.1, 0.15) is 19.8 Å². The van der Waals surface area contributed by atoms with Crippen molar-refractivity contribution in [3.8, 4) is 0 Å². The zero-order chi connectivity index (χ0) is 15.5. The van der Waals surface area contributed by atoms with E-state index in [1.165, 1.54) is 22.6 Å². The second-order valence-electron chi connectivity index (χ2n) is 4.77. The topological polar surface area (TPSA) is 76.6 Å². The minimum absolute atomic E-state index is 0.0800. The Kier molecular flexibility index (Phi) is 5.18. The van der Waals surface area contributed by atoms with Crippen LogP contribution in [0.4, 0.5) is 0 Å². The SMILES string of the molecule is CCOC(=O)[C@H]1CCCN(S(=O)(=O)c2ccc(Cl)nc2)C1. The number of esters is 1. The molecule has 1 aliphatic rings. The summed E-state index contributed by atoms with van der Waals surface area (Å²) >= 11 is 5.67. The molecule has 6 nitrogen and oxygen atoms in total. The smallest absolute Gasteiger partial charge is 0.310 e. The van der Waals surface area contributed by atoms with Gasteiger partial charge in [0.25, 0.3) is 0 Å². The average Bonchev–Trinajstić information content (AvgIpc) is 2.48. The molecule has 0 aromatic carbocycles. The van der Waals surface area contributed by atoms with Crippen LogP contribution in [0.5, 0.6) is 0 Å². The van der Waals surface area contributed by atoms with Gasteiger partial charge in [0.2, 0.25) is 10.0 Å². The Bertz CT molecular complexity index is 603. The number of nitrogens with zero attached hydrogens (tertiary/aromatic N) is 2. The molecule has 2 heterocycles. The Hall–Kier alpha value is -1.18. The van der Waals surface area contributed by atoms with Crippen molar-refractivity contribution in [3.63, 3.8) is 0 Å². The molecule has 0 N–H and O–H groups in total. The van der Waals surface area contributed by atoms with Crippen LogP contribution in [0, 0.1) is 5.92 Å². The third kappa shape index (κ3) is 3.72. The second-order valence-corrected chi connectivity index (χ2v) is 7.10. The lowest BCUT2D eigenvalue weighted by Crippen LogP contribution is -2.42. The van der Waals surface area contributed by atoms with Crippen molar-refractivity contribution in [2.75, 3.05) is 19.7 Å². The molecule has 1 atom stereocenters. The van der Waals surface area contributed by atoms with Gasteiger partial charge in [0, 0.05) is 19.3 Å². The normalized spacial score (nSPS) is 20.2. The van der Waals surface area contributed by atoms with Crippen LogP contribution >= 0.6 is 11.6 Å². The highest BCUT2D eigenvalue weighted by molar-refractivity contribution is 7.89. The molecule has 116 valence electrons. The fourth-order valence-corrected chi connectivity index (χ4v) is 3.86. The first-order valence-electron chi connectivity index (χ1n) is 6.73. The van der Waals surface area contributed by atoms with Gasteiger partial charge in [-0.25, -0.2) is 13.4 Å². The van der Waals surface area contributed by atoms with Crippen molar-refractivity contribution in [2.24, 2.45) is 5.92 Å². The first-order valence-corrected chi connectivity index (χ1v) is 8.55. The zero-order valence-corrected chi connectivity index (χ0v) is 13.2. The molecule has 1 fully saturated rings. The van der Waals surface area contributed by atoms with Gasteiger partial charge in [0.15, 0.2) is 0 Å². The number of pyridine rings is 1. The molecular weight excluding hydrogens is 316 g/mol. The molecule has 2 rings (SSSR count). The van der Waals surface area contributed by atoms with Crippen molar-refractivity contribution in [1.29, 1.82) is 0 Å². The summed E-state index contributed by atoms with van der Waals surface area (Å²) in [7, 11) is -3.66. The van der Waals surface area contributed by atoms with Crippen LogP contribution in [0.15, 0.2) is 23.2 Å². The van der Waals surface area contributed by atoms with Crippen molar-refractivity contribution >= 4 is 27.6 Å². The van der Waals surface area contributed by atoms with Gasteiger partial charge in [-0.05, 0) is 31.9 Å². The van der Waals surface area contributed by atoms with Gasteiger partial charge in [-0.1, -0.05) is 11.6 Å². The minimum atomic E-state index is -3.66. The predicted molar refractivity (Wildman–Crippen MR) is 77.4 cm³/mol. The maximum absolute atomic E-state index is 12.5. The fourth-order valence-electron chi connectivity index (χ4n) is 2.28. The summed E-state index contributed by atoms with van der Waals surface area (Å²) < 4.78 is 31.3. The molecule has 1 aromatic heterocycles. The zero-order valence-electron chi connectivity index (χ0n) is 11.7. The molecular formula is C13H17ClN2O4S. The van der Waals surface area contributed by atoms with E-state index in [0.29, 0.717) is 26.0 Å². The number of rotatable bonds is 4. The van der Waals surface area contributed by atoms with Crippen LogP contribution in [-0.2, 0) is 19.6 Å². The lowest BCUT2D eigenvalue weighted by molar-refractivity contribution is -0.149. The second kappa shape index (κ2) is 6.72. The van der Waals surface area contributed by atoms with Crippen LogP contribution in [-0.4, -0.2) is 43.4 Å². The predicted octanol–water partition coefficient (Wildman–Crippen LogP) is 1.70. The molecule has 8 heteroatoms. The number of halogens is 1. The Morgan fingerprint density at radius 3 is 2.90 bits per heavy atom. The van der Waals surface area contributed by atoms with Crippen molar-refractivity contribution in [2.45, 2.75) is 24.7 Å². The molecule has 0 unspecified atom stereocenters. The molecule has 0 aliphatic carbocycles. The summed E-state index contributed by atoms with van der Waals surface area (Å²) in [6, 6.07) is 2.85. The van der Waals surface area contributed by atoms with E-state index in [1.807, 2.05) is 0 Å². The standard InChI is InChI=1S/C13H17ClN2O4S/c1-2-20-13(17)10-4-3-7-16(9-10)21(18,19)11-5-6-12(14)15-8-11/h5-6,8,10H,2-4,7,9H2,1H3/t10-/m0/s1. The van der Waals surface area contributed by atoms with E-state index < -0.39 is 15.9 Å². The highest BCUT2D eigenvalue weighted by Crippen LogP contribution is 2.24. The summed E-state index contributed by atoms with van der Waals surface area (Å²) in [5, 5.41) is 0.233. The van der Waals surface area contributed by atoms with Gasteiger partial charge in [-0.15, -0.1) is 0 Å². The van der Waals surface area contributed by atoms with Gasteiger partial charge in [0.1, 0.15) is 10.0 Å². The van der Waals surface area contributed by atoms with E-state index in [-0.39, 0.29) is 22.6 Å². The summed E-state index contributed by atoms with van der Waals surface area (Å²) in [5.41, 5.74) is 0. The monoisotopic (exact) mass is 332 g/mol. The first-order chi connectivity index (χ1) is 9.95. The number of hydrogen-bond acceptors (Lipinski definition) is 5. The Morgan fingerprint density at radius 1 is 1.52 bits per heavy atom. The van der Waals surface area contributed by atoms with Crippen molar-refractivity contribution < 1.29 is 17.9 Å². The summed E-state index contributed by atoms with van der Waals surface area (Å²) in [5.74, 6) is -0.750. The van der Waals surface area contributed by atoms with E-state index in [9.17, 15) is 13.2 Å². The van der Waals surface area contributed by atoms with Crippen LogP contribution < -0.4 is 0 Å². The molecule has 1 aliphatic heterocycles. The minimum Gasteiger partial charge on any atom is -0.466 e. The Morgan fingerprint density at radius 2 is 2.29 bits per heavy atom. The molecule has 1 aromatic rings. The van der Waals surface area contributed by atoms with E-state index >= 15 is 0 Å². The lowest BCUT2D eigenvalue weighted by Gasteiger charge is -2.30. The third-order valence-electron chi connectivity index (χ3n) is 3.34. The Labute approximate surface area is 129 Å². The maximum atomic E-state index is 12.5. The fraction of sp³-hybridized carbons (Fsp3) is 0.538.